The summed E-state index contributed by atoms with van der Waals surface area (Å²) >= 11 is 0. The standard InChI is InChI=1S/C20H15F4N5O3.CH2O2/c1-9-8-25-19(27-10-2-4-14(31-18(23)24)12(6-10)16(21)22)29-17(9)26-11-3-5-15-13(7-11)28-20(30)32-15;2-1-3/h2-8,16,18H,1H3,(H,28,30)(H2,25,26,27,29);1H,(H,2,3). The van der Waals surface area contributed by atoms with Gasteiger partial charge in [0.05, 0.1) is 11.1 Å². The molecule has 35 heavy (non-hydrogen) atoms. The molecule has 0 radical (unpaired) electrons. The minimum absolute atomic E-state index is 0.0821. The van der Waals surface area contributed by atoms with Crippen LogP contribution in [0.3, 0.4) is 0 Å². The number of nitrogens with zero attached hydrogens (tertiary/aromatic N) is 2. The first-order valence-corrected chi connectivity index (χ1v) is 9.65. The molecule has 4 aromatic rings. The molecule has 0 atom stereocenters. The van der Waals surface area contributed by atoms with Gasteiger partial charge in [-0.05, 0) is 43.3 Å². The third-order valence-electron chi connectivity index (χ3n) is 4.37. The molecule has 0 unspecified atom stereocenters. The Morgan fingerprint density at radius 2 is 1.80 bits per heavy atom. The number of alkyl halides is 4. The zero-order chi connectivity index (χ0) is 25.5. The molecule has 0 amide bonds. The lowest BCUT2D eigenvalue weighted by Gasteiger charge is -2.14. The van der Waals surface area contributed by atoms with E-state index >= 15 is 0 Å². The predicted octanol–water partition coefficient (Wildman–Crippen LogP) is 4.95. The topological polar surface area (TPSA) is 142 Å². The third kappa shape index (κ3) is 6.46. The van der Waals surface area contributed by atoms with Crippen molar-refractivity contribution in [3.05, 3.63) is 64.3 Å². The van der Waals surface area contributed by atoms with Crippen molar-refractivity contribution in [2.45, 2.75) is 20.0 Å². The van der Waals surface area contributed by atoms with Crippen molar-refractivity contribution < 1.29 is 36.6 Å². The molecule has 0 bridgehead atoms. The van der Waals surface area contributed by atoms with Gasteiger partial charge in [-0.25, -0.2) is 18.6 Å². The maximum Gasteiger partial charge on any atom is 0.417 e. The van der Waals surface area contributed by atoms with Crippen LogP contribution in [0.4, 0.5) is 40.7 Å². The van der Waals surface area contributed by atoms with Gasteiger partial charge in [0.15, 0.2) is 5.58 Å². The zero-order valence-corrected chi connectivity index (χ0v) is 17.8. The summed E-state index contributed by atoms with van der Waals surface area (Å²) in [5.41, 5.74) is 1.66. The van der Waals surface area contributed by atoms with Gasteiger partial charge in [-0.2, -0.15) is 13.8 Å². The highest BCUT2D eigenvalue weighted by atomic mass is 19.3. The van der Waals surface area contributed by atoms with Crippen molar-refractivity contribution in [2.75, 3.05) is 10.6 Å². The fraction of sp³-hybridized carbons (Fsp3) is 0.143. The molecule has 0 spiro atoms. The van der Waals surface area contributed by atoms with E-state index in [1.165, 1.54) is 12.3 Å². The van der Waals surface area contributed by atoms with Gasteiger partial charge in [-0.1, -0.05) is 0 Å². The molecule has 14 heteroatoms. The summed E-state index contributed by atoms with van der Waals surface area (Å²) in [7, 11) is 0. The molecule has 10 nitrogen and oxygen atoms in total. The molecule has 184 valence electrons. The minimum atomic E-state index is -3.22. The maximum atomic E-state index is 13.2. The second-order valence-electron chi connectivity index (χ2n) is 6.74. The van der Waals surface area contributed by atoms with Crippen LogP contribution in [0.2, 0.25) is 0 Å². The average Bonchev–Trinajstić information content (AvgIpc) is 3.16. The lowest BCUT2D eigenvalue weighted by atomic mass is 10.2. The van der Waals surface area contributed by atoms with Gasteiger partial charge in [0.25, 0.3) is 12.9 Å². The van der Waals surface area contributed by atoms with Gasteiger partial charge < -0.3 is 24.9 Å². The van der Waals surface area contributed by atoms with Gasteiger partial charge >= 0.3 is 12.4 Å². The van der Waals surface area contributed by atoms with Gasteiger partial charge in [-0.3, -0.25) is 9.78 Å². The van der Waals surface area contributed by atoms with Gasteiger partial charge in [0.1, 0.15) is 11.6 Å². The van der Waals surface area contributed by atoms with Crippen LogP contribution in [-0.2, 0) is 4.79 Å². The number of hydrogen-bond donors (Lipinski definition) is 4. The number of H-pyrrole nitrogens is 1. The van der Waals surface area contributed by atoms with Crippen LogP contribution in [0, 0.1) is 6.92 Å². The number of ether oxygens (including phenoxy) is 1. The normalized spacial score (nSPS) is 10.7. The number of anilines is 4. The number of nitrogens with one attached hydrogen (secondary N) is 3. The second-order valence-corrected chi connectivity index (χ2v) is 6.74. The number of aryl methyl sites for hydroxylation is 1. The number of hydrogen-bond acceptors (Lipinski definition) is 8. The van der Waals surface area contributed by atoms with Gasteiger partial charge in [0.2, 0.25) is 5.95 Å². The molecule has 4 N–H and O–H groups in total. The number of fused-ring (bicyclic) bond motifs is 1. The first-order chi connectivity index (χ1) is 16.7. The molecule has 0 saturated carbocycles. The van der Waals surface area contributed by atoms with Crippen LogP contribution >= 0.6 is 0 Å². The quantitative estimate of drug-likeness (QED) is 0.207. The van der Waals surface area contributed by atoms with Crippen LogP contribution in [-0.4, -0.2) is 33.1 Å². The third-order valence-corrected chi connectivity index (χ3v) is 4.37. The van der Waals surface area contributed by atoms with Crippen LogP contribution < -0.4 is 21.1 Å². The number of aromatic nitrogens is 3. The summed E-state index contributed by atoms with van der Waals surface area (Å²) in [5, 5.41) is 12.7. The van der Waals surface area contributed by atoms with E-state index in [0.717, 1.165) is 12.1 Å². The van der Waals surface area contributed by atoms with E-state index in [9.17, 15) is 22.4 Å². The highest BCUT2D eigenvalue weighted by Crippen LogP contribution is 2.33. The molecule has 4 rings (SSSR count). The molecular weight excluding hydrogens is 478 g/mol. The first-order valence-electron chi connectivity index (χ1n) is 9.65. The van der Waals surface area contributed by atoms with E-state index in [-0.39, 0.29) is 18.1 Å². The fourth-order valence-electron chi connectivity index (χ4n) is 2.92. The van der Waals surface area contributed by atoms with E-state index in [1.54, 1.807) is 25.1 Å². The van der Waals surface area contributed by atoms with Gasteiger partial charge in [-0.15, -0.1) is 0 Å². The smallest absolute Gasteiger partial charge is 0.417 e. The van der Waals surface area contributed by atoms with E-state index in [0.29, 0.717) is 28.2 Å². The van der Waals surface area contributed by atoms with E-state index < -0.39 is 30.1 Å². The maximum absolute atomic E-state index is 13.2. The van der Waals surface area contributed by atoms with Gasteiger partial charge in [0, 0.05) is 23.1 Å². The molecule has 0 fully saturated rings. The van der Waals surface area contributed by atoms with Crippen molar-refractivity contribution in [3.8, 4) is 5.75 Å². The zero-order valence-electron chi connectivity index (χ0n) is 17.8. The summed E-state index contributed by atoms with van der Waals surface area (Å²) in [5.74, 6) is -0.687. The molecule has 0 aliphatic rings. The molecule has 2 aromatic heterocycles. The first kappa shape index (κ1) is 25.0. The lowest BCUT2D eigenvalue weighted by molar-refractivity contribution is -0.122. The summed E-state index contributed by atoms with van der Waals surface area (Å²) in [6, 6.07) is 8.26. The Labute approximate surface area is 193 Å². The van der Waals surface area contributed by atoms with Crippen molar-refractivity contribution >= 4 is 40.7 Å². The summed E-state index contributed by atoms with van der Waals surface area (Å²) in [4.78, 5) is 30.7. The average molecular weight is 495 g/mol. The molecular formula is C21H17F4N5O5. The highest BCUT2D eigenvalue weighted by Gasteiger charge is 2.18. The monoisotopic (exact) mass is 495 g/mol. The summed E-state index contributed by atoms with van der Waals surface area (Å²) < 4.78 is 60.4. The van der Waals surface area contributed by atoms with Crippen molar-refractivity contribution in [1.82, 2.24) is 15.0 Å². The Hall–Kier alpha value is -4.62. The molecule has 2 heterocycles. The summed E-state index contributed by atoms with van der Waals surface area (Å²) in [6.45, 7) is -1.71. The Morgan fingerprint density at radius 3 is 2.49 bits per heavy atom. The van der Waals surface area contributed by atoms with Crippen LogP contribution in [0.25, 0.3) is 11.1 Å². The van der Waals surface area contributed by atoms with Crippen LogP contribution in [0.15, 0.2) is 51.8 Å². The Bertz CT molecular complexity index is 1380. The number of halogens is 4. The fourth-order valence-corrected chi connectivity index (χ4v) is 2.92. The predicted molar refractivity (Wildman–Crippen MR) is 117 cm³/mol. The second kappa shape index (κ2) is 11.0. The van der Waals surface area contributed by atoms with E-state index in [4.69, 9.17) is 14.3 Å². The number of benzene rings is 2. The number of oxazole rings is 1. The van der Waals surface area contributed by atoms with Crippen molar-refractivity contribution in [1.29, 1.82) is 0 Å². The van der Waals surface area contributed by atoms with Crippen LogP contribution in [0.1, 0.15) is 17.6 Å². The van der Waals surface area contributed by atoms with Crippen molar-refractivity contribution in [2.24, 2.45) is 0 Å². The molecule has 2 aromatic carbocycles. The van der Waals surface area contributed by atoms with E-state index in [1.807, 2.05) is 0 Å². The van der Waals surface area contributed by atoms with E-state index in [2.05, 4.69) is 30.3 Å². The Balaban J connectivity index is 0.00000108. The minimum Gasteiger partial charge on any atom is -0.483 e. The number of aromatic amines is 1. The lowest BCUT2D eigenvalue weighted by Crippen LogP contribution is -2.06. The highest BCUT2D eigenvalue weighted by molar-refractivity contribution is 5.78. The van der Waals surface area contributed by atoms with Crippen LogP contribution in [0.5, 0.6) is 5.75 Å². The number of carbonyl (C=O) groups is 1. The molecule has 0 aliphatic heterocycles. The molecule has 0 aliphatic carbocycles. The molecule has 0 saturated heterocycles. The number of rotatable bonds is 7. The Morgan fingerprint density at radius 1 is 1.11 bits per heavy atom. The number of carboxylic acid groups (broad SMARTS) is 1. The Kier molecular flexibility index (Phi) is 7.86. The largest absolute Gasteiger partial charge is 0.483 e. The summed E-state index contributed by atoms with van der Waals surface area (Å²) in [6.07, 6.45) is -1.51. The SMILES string of the molecule is Cc1cnc(Nc2ccc(OC(F)F)c(C(F)F)c2)nc1Nc1ccc2oc(=O)[nH]c2c1.O=CO. The van der Waals surface area contributed by atoms with Crippen molar-refractivity contribution in [3.63, 3.8) is 0 Å².